The lowest BCUT2D eigenvalue weighted by Gasteiger charge is -2.06. The van der Waals surface area contributed by atoms with Gasteiger partial charge < -0.3 is 5.73 Å². The molecule has 2 N–H and O–H groups in total. The molecule has 84 valence electrons. The number of rotatable bonds is 2. The Morgan fingerprint density at radius 3 is 2.56 bits per heavy atom. The highest BCUT2D eigenvalue weighted by Gasteiger charge is 2.09. The molecule has 1 heterocycles. The van der Waals surface area contributed by atoms with Gasteiger partial charge in [-0.1, -0.05) is 12.1 Å². The van der Waals surface area contributed by atoms with Gasteiger partial charge in [-0.2, -0.15) is 5.10 Å². The van der Waals surface area contributed by atoms with Crippen LogP contribution in [0.2, 0.25) is 0 Å². The summed E-state index contributed by atoms with van der Waals surface area (Å²) in [5.74, 6) is 0. The standard InChI is InChI=1S/C13H17N3/c1-4-16-10(3)12(8-15-16)11-6-5-9(2)7-13(11)14/h5-8H,4,14H2,1-3H3. The Morgan fingerprint density at radius 1 is 1.25 bits per heavy atom. The predicted octanol–water partition coefficient (Wildman–Crippen LogP) is 2.77. The van der Waals surface area contributed by atoms with Crippen molar-refractivity contribution in [2.75, 3.05) is 5.73 Å². The average molecular weight is 215 g/mol. The first kappa shape index (κ1) is 10.7. The van der Waals surface area contributed by atoms with E-state index in [4.69, 9.17) is 5.73 Å². The topological polar surface area (TPSA) is 43.8 Å². The number of anilines is 1. The monoisotopic (exact) mass is 215 g/mol. The van der Waals surface area contributed by atoms with Gasteiger partial charge in [0.2, 0.25) is 0 Å². The van der Waals surface area contributed by atoms with Crippen LogP contribution in [0.3, 0.4) is 0 Å². The van der Waals surface area contributed by atoms with Crippen LogP contribution in [0.15, 0.2) is 24.4 Å². The summed E-state index contributed by atoms with van der Waals surface area (Å²) in [6.07, 6.45) is 1.89. The molecule has 2 aromatic rings. The van der Waals surface area contributed by atoms with Crippen LogP contribution in [-0.4, -0.2) is 9.78 Å². The zero-order chi connectivity index (χ0) is 11.7. The van der Waals surface area contributed by atoms with Crippen molar-refractivity contribution in [2.24, 2.45) is 0 Å². The Balaban J connectivity index is 2.54. The van der Waals surface area contributed by atoms with Crippen molar-refractivity contribution in [2.45, 2.75) is 27.3 Å². The van der Waals surface area contributed by atoms with E-state index in [0.29, 0.717) is 0 Å². The highest BCUT2D eigenvalue weighted by molar-refractivity contribution is 5.77. The molecule has 0 saturated carbocycles. The molecular formula is C13H17N3. The van der Waals surface area contributed by atoms with Crippen molar-refractivity contribution >= 4 is 5.69 Å². The Kier molecular flexibility index (Phi) is 2.69. The van der Waals surface area contributed by atoms with E-state index in [9.17, 15) is 0 Å². The van der Waals surface area contributed by atoms with Gasteiger partial charge >= 0.3 is 0 Å². The number of nitrogens with two attached hydrogens (primary N) is 1. The summed E-state index contributed by atoms with van der Waals surface area (Å²) < 4.78 is 1.98. The molecular weight excluding hydrogens is 198 g/mol. The van der Waals surface area contributed by atoms with Crippen LogP contribution in [0.1, 0.15) is 18.2 Å². The molecule has 0 radical (unpaired) electrons. The third-order valence-corrected chi connectivity index (χ3v) is 2.90. The van der Waals surface area contributed by atoms with Crippen LogP contribution in [0, 0.1) is 13.8 Å². The van der Waals surface area contributed by atoms with Gasteiger partial charge in [-0.05, 0) is 32.4 Å². The van der Waals surface area contributed by atoms with Crippen molar-refractivity contribution in [1.82, 2.24) is 9.78 Å². The second-order valence-corrected chi connectivity index (χ2v) is 4.05. The summed E-state index contributed by atoms with van der Waals surface area (Å²) in [5.41, 5.74) is 11.4. The highest BCUT2D eigenvalue weighted by atomic mass is 15.3. The maximum absolute atomic E-state index is 6.04. The van der Waals surface area contributed by atoms with E-state index < -0.39 is 0 Å². The van der Waals surface area contributed by atoms with Crippen LogP contribution in [-0.2, 0) is 6.54 Å². The third-order valence-electron chi connectivity index (χ3n) is 2.90. The molecule has 3 heteroatoms. The second-order valence-electron chi connectivity index (χ2n) is 4.05. The van der Waals surface area contributed by atoms with E-state index in [-0.39, 0.29) is 0 Å². The van der Waals surface area contributed by atoms with Crippen molar-refractivity contribution in [3.8, 4) is 11.1 Å². The van der Waals surface area contributed by atoms with E-state index in [1.165, 1.54) is 5.56 Å². The number of hydrogen-bond acceptors (Lipinski definition) is 2. The Hall–Kier alpha value is -1.77. The SMILES string of the molecule is CCn1ncc(-c2ccc(C)cc2N)c1C. The Labute approximate surface area is 95.9 Å². The number of aryl methyl sites for hydroxylation is 2. The lowest BCUT2D eigenvalue weighted by molar-refractivity contribution is 0.640. The fourth-order valence-electron chi connectivity index (χ4n) is 1.96. The van der Waals surface area contributed by atoms with Gasteiger partial charge in [0, 0.05) is 29.1 Å². The van der Waals surface area contributed by atoms with E-state index in [1.54, 1.807) is 0 Å². The molecule has 0 fully saturated rings. The van der Waals surface area contributed by atoms with Crippen molar-refractivity contribution in [3.05, 3.63) is 35.7 Å². The molecule has 0 amide bonds. The number of benzene rings is 1. The molecule has 0 atom stereocenters. The summed E-state index contributed by atoms with van der Waals surface area (Å²) >= 11 is 0. The number of nitrogen functional groups attached to an aromatic ring is 1. The molecule has 1 aromatic heterocycles. The van der Waals surface area contributed by atoms with Gasteiger partial charge in [0.05, 0.1) is 6.20 Å². The van der Waals surface area contributed by atoms with Gasteiger partial charge in [-0.3, -0.25) is 4.68 Å². The van der Waals surface area contributed by atoms with Crippen molar-refractivity contribution in [1.29, 1.82) is 0 Å². The smallest absolute Gasteiger partial charge is 0.0571 e. The Morgan fingerprint density at radius 2 is 2.00 bits per heavy atom. The lowest BCUT2D eigenvalue weighted by Crippen LogP contribution is -1.99. The van der Waals surface area contributed by atoms with E-state index in [0.717, 1.165) is 29.1 Å². The summed E-state index contributed by atoms with van der Waals surface area (Å²) in [6.45, 7) is 7.09. The normalized spacial score (nSPS) is 10.7. The van der Waals surface area contributed by atoms with Gasteiger partial charge in [0.25, 0.3) is 0 Å². The van der Waals surface area contributed by atoms with E-state index in [2.05, 4.69) is 31.1 Å². The van der Waals surface area contributed by atoms with Crippen LogP contribution in [0.4, 0.5) is 5.69 Å². The maximum Gasteiger partial charge on any atom is 0.0571 e. The maximum atomic E-state index is 6.04. The molecule has 16 heavy (non-hydrogen) atoms. The van der Waals surface area contributed by atoms with Crippen LogP contribution in [0.25, 0.3) is 11.1 Å². The molecule has 0 spiro atoms. The third kappa shape index (κ3) is 1.69. The minimum absolute atomic E-state index is 0.818. The molecule has 0 aliphatic heterocycles. The minimum atomic E-state index is 0.818. The second kappa shape index (κ2) is 4.00. The first-order chi connectivity index (χ1) is 7.63. The molecule has 2 rings (SSSR count). The fraction of sp³-hybridized carbons (Fsp3) is 0.308. The summed E-state index contributed by atoms with van der Waals surface area (Å²) in [7, 11) is 0. The zero-order valence-corrected chi connectivity index (χ0v) is 9.99. The average Bonchev–Trinajstić information content (AvgIpc) is 2.60. The summed E-state index contributed by atoms with van der Waals surface area (Å²) in [4.78, 5) is 0. The molecule has 0 saturated heterocycles. The van der Waals surface area contributed by atoms with E-state index in [1.807, 2.05) is 23.9 Å². The van der Waals surface area contributed by atoms with E-state index >= 15 is 0 Å². The van der Waals surface area contributed by atoms with Crippen LogP contribution in [0.5, 0.6) is 0 Å². The largest absolute Gasteiger partial charge is 0.398 e. The molecule has 0 aliphatic carbocycles. The quantitative estimate of drug-likeness (QED) is 0.783. The number of aromatic nitrogens is 2. The molecule has 3 nitrogen and oxygen atoms in total. The van der Waals surface area contributed by atoms with Gasteiger partial charge in [-0.25, -0.2) is 0 Å². The van der Waals surface area contributed by atoms with Crippen molar-refractivity contribution < 1.29 is 0 Å². The first-order valence-electron chi connectivity index (χ1n) is 5.52. The fourth-order valence-corrected chi connectivity index (χ4v) is 1.96. The Bertz CT molecular complexity index is 512. The number of hydrogen-bond donors (Lipinski definition) is 1. The van der Waals surface area contributed by atoms with Crippen LogP contribution >= 0.6 is 0 Å². The van der Waals surface area contributed by atoms with Crippen LogP contribution < -0.4 is 5.73 Å². The summed E-state index contributed by atoms with van der Waals surface area (Å²) in [6, 6.07) is 6.14. The zero-order valence-electron chi connectivity index (χ0n) is 9.99. The summed E-state index contributed by atoms with van der Waals surface area (Å²) in [5, 5.41) is 4.34. The number of nitrogens with zero attached hydrogens (tertiary/aromatic N) is 2. The molecule has 0 bridgehead atoms. The minimum Gasteiger partial charge on any atom is -0.398 e. The highest BCUT2D eigenvalue weighted by Crippen LogP contribution is 2.29. The lowest BCUT2D eigenvalue weighted by atomic mass is 10.0. The molecule has 0 aliphatic rings. The predicted molar refractivity (Wildman–Crippen MR) is 67.2 cm³/mol. The molecule has 1 aromatic carbocycles. The molecule has 0 unspecified atom stereocenters. The van der Waals surface area contributed by atoms with Crippen molar-refractivity contribution in [3.63, 3.8) is 0 Å². The first-order valence-corrected chi connectivity index (χ1v) is 5.52. The van der Waals surface area contributed by atoms with Gasteiger partial charge in [0.1, 0.15) is 0 Å². The van der Waals surface area contributed by atoms with Gasteiger partial charge in [0.15, 0.2) is 0 Å². The van der Waals surface area contributed by atoms with Gasteiger partial charge in [-0.15, -0.1) is 0 Å².